The van der Waals surface area contributed by atoms with Crippen molar-refractivity contribution in [1.29, 1.82) is 0 Å². The maximum absolute atomic E-state index is 10.9. The van der Waals surface area contributed by atoms with Crippen LogP contribution in [0.5, 0.6) is 5.75 Å². The average Bonchev–Trinajstić information content (AvgIpc) is 2.61. The van der Waals surface area contributed by atoms with Crippen LogP contribution in [0, 0.1) is 0 Å². The van der Waals surface area contributed by atoms with E-state index in [1.54, 1.807) is 30.5 Å². The molecule has 0 saturated heterocycles. The van der Waals surface area contributed by atoms with Gasteiger partial charge >= 0.3 is 5.97 Å². The summed E-state index contributed by atoms with van der Waals surface area (Å²) >= 11 is 5.04. The molecule has 0 saturated carbocycles. The summed E-state index contributed by atoms with van der Waals surface area (Å²) in [7, 11) is 0. The maximum Gasteiger partial charge on any atom is 0.335 e. The summed E-state index contributed by atoms with van der Waals surface area (Å²) in [6.45, 7) is 3.00. The second-order valence-electron chi connectivity index (χ2n) is 5.06. The lowest BCUT2D eigenvalue weighted by molar-refractivity contribution is 0.0697. The molecule has 0 amide bonds. The second-order valence-corrected chi connectivity index (χ2v) is 5.47. The number of hydrazone groups is 1. The minimum Gasteiger partial charge on any atom is -0.488 e. The zero-order valence-electron chi connectivity index (χ0n) is 13.7. The monoisotopic (exact) mass is 357 g/mol. The molecule has 0 radical (unpaired) electrons. The summed E-state index contributed by atoms with van der Waals surface area (Å²) in [5.74, 6) is -0.276. The fourth-order valence-electron chi connectivity index (χ4n) is 1.98. The fourth-order valence-corrected chi connectivity index (χ4v) is 2.18. The van der Waals surface area contributed by atoms with Crippen molar-refractivity contribution in [2.45, 2.75) is 13.5 Å². The first kappa shape index (κ1) is 18.4. The number of para-hydroxylation sites is 1. The van der Waals surface area contributed by atoms with Crippen molar-refractivity contribution in [3.63, 3.8) is 0 Å². The van der Waals surface area contributed by atoms with Gasteiger partial charge in [-0.05, 0) is 49.0 Å². The zero-order chi connectivity index (χ0) is 18.1. The van der Waals surface area contributed by atoms with E-state index in [2.05, 4.69) is 15.8 Å². The van der Waals surface area contributed by atoms with Crippen LogP contribution in [0.4, 0.5) is 0 Å². The van der Waals surface area contributed by atoms with Gasteiger partial charge in [0.25, 0.3) is 0 Å². The van der Waals surface area contributed by atoms with Crippen LogP contribution in [0.2, 0.25) is 0 Å². The molecule has 3 N–H and O–H groups in total. The van der Waals surface area contributed by atoms with E-state index in [1.807, 2.05) is 31.2 Å². The highest BCUT2D eigenvalue weighted by Gasteiger charge is 2.04. The van der Waals surface area contributed by atoms with Crippen LogP contribution < -0.4 is 15.5 Å². The molecule has 0 spiro atoms. The average molecular weight is 357 g/mol. The number of carboxylic acids is 1. The van der Waals surface area contributed by atoms with E-state index < -0.39 is 5.97 Å². The van der Waals surface area contributed by atoms with Crippen LogP contribution in [-0.4, -0.2) is 28.9 Å². The number of ether oxygens (including phenoxy) is 1. The molecule has 0 aliphatic rings. The molecule has 0 bridgehead atoms. The van der Waals surface area contributed by atoms with Crippen LogP contribution in [0.1, 0.15) is 28.4 Å². The van der Waals surface area contributed by atoms with Gasteiger partial charge in [0, 0.05) is 12.1 Å². The Labute approximate surface area is 151 Å². The fraction of sp³-hybridized carbons (Fsp3) is 0.167. The SMILES string of the molecule is CCNC(=S)NN=Cc1ccccc1OCc1ccc(C(=O)O)cc1. The van der Waals surface area contributed by atoms with E-state index in [1.165, 1.54) is 0 Å². The predicted molar refractivity (Wildman–Crippen MR) is 101 cm³/mol. The quantitative estimate of drug-likeness (QED) is 0.402. The van der Waals surface area contributed by atoms with E-state index in [4.69, 9.17) is 22.1 Å². The predicted octanol–water partition coefficient (Wildman–Crippen LogP) is 2.78. The third-order valence-electron chi connectivity index (χ3n) is 3.22. The Morgan fingerprint density at radius 1 is 1.24 bits per heavy atom. The third kappa shape index (κ3) is 5.89. The van der Waals surface area contributed by atoms with Crippen molar-refractivity contribution in [3.8, 4) is 5.75 Å². The lowest BCUT2D eigenvalue weighted by Gasteiger charge is -2.09. The number of hydrogen-bond donors (Lipinski definition) is 3. The molecule has 0 aliphatic heterocycles. The number of nitrogens with zero attached hydrogens (tertiary/aromatic N) is 1. The van der Waals surface area contributed by atoms with Gasteiger partial charge < -0.3 is 15.2 Å². The summed E-state index contributed by atoms with van der Waals surface area (Å²) in [6.07, 6.45) is 1.63. The van der Waals surface area contributed by atoms with Crippen molar-refractivity contribution in [2.24, 2.45) is 5.10 Å². The van der Waals surface area contributed by atoms with Gasteiger partial charge in [-0.1, -0.05) is 24.3 Å². The van der Waals surface area contributed by atoms with Gasteiger partial charge in [0.05, 0.1) is 11.8 Å². The minimum atomic E-state index is -0.947. The molecule has 25 heavy (non-hydrogen) atoms. The van der Waals surface area contributed by atoms with Crippen LogP contribution in [0.3, 0.4) is 0 Å². The molecule has 0 fully saturated rings. The number of thiocarbonyl (C=S) groups is 1. The van der Waals surface area contributed by atoms with Crippen molar-refractivity contribution in [2.75, 3.05) is 6.54 Å². The Bertz CT molecular complexity index is 760. The molecule has 2 aromatic rings. The van der Waals surface area contributed by atoms with Crippen molar-refractivity contribution in [3.05, 3.63) is 65.2 Å². The number of nitrogens with one attached hydrogen (secondary N) is 2. The number of carboxylic acid groups (broad SMARTS) is 1. The van der Waals surface area contributed by atoms with Crippen LogP contribution in [0.25, 0.3) is 0 Å². The van der Waals surface area contributed by atoms with Crippen molar-refractivity contribution in [1.82, 2.24) is 10.7 Å². The van der Waals surface area contributed by atoms with Gasteiger partial charge in [0.2, 0.25) is 0 Å². The summed E-state index contributed by atoms with van der Waals surface area (Å²) in [4.78, 5) is 10.9. The molecular weight excluding hydrogens is 338 g/mol. The summed E-state index contributed by atoms with van der Waals surface area (Å²) in [6, 6.07) is 14.1. The molecule has 6 nitrogen and oxygen atoms in total. The highest BCUT2D eigenvalue weighted by Crippen LogP contribution is 2.17. The lowest BCUT2D eigenvalue weighted by Crippen LogP contribution is -2.31. The van der Waals surface area contributed by atoms with Gasteiger partial charge in [0.1, 0.15) is 12.4 Å². The highest BCUT2D eigenvalue weighted by molar-refractivity contribution is 7.80. The largest absolute Gasteiger partial charge is 0.488 e. The van der Waals surface area contributed by atoms with Crippen molar-refractivity contribution >= 4 is 29.5 Å². The molecule has 2 rings (SSSR count). The van der Waals surface area contributed by atoms with Crippen LogP contribution in [-0.2, 0) is 6.61 Å². The summed E-state index contributed by atoms with van der Waals surface area (Å²) in [5.41, 5.74) is 4.66. The number of rotatable bonds is 7. The molecule has 0 heterocycles. The highest BCUT2D eigenvalue weighted by atomic mass is 32.1. The Hall–Kier alpha value is -2.93. The first-order valence-corrected chi connectivity index (χ1v) is 8.12. The van der Waals surface area contributed by atoms with Gasteiger partial charge in [0.15, 0.2) is 5.11 Å². The Morgan fingerprint density at radius 3 is 2.64 bits per heavy atom. The topological polar surface area (TPSA) is 83.0 Å². The Morgan fingerprint density at radius 2 is 1.96 bits per heavy atom. The third-order valence-corrected chi connectivity index (χ3v) is 3.46. The Balaban J connectivity index is 1.99. The molecule has 0 aliphatic carbocycles. The molecule has 130 valence electrons. The van der Waals surface area contributed by atoms with Crippen LogP contribution >= 0.6 is 12.2 Å². The second kappa shape index (κ2) is 9.39. The molecule has 2 aromatic carbocycles. The smallest absolute Gasteiger partial charge is 0.335 e. The van der Waals surface area contributed by atoms with Crippen molar-refractivity contribution < 1.29 is 14.6 Å². The van der Waals surface area contributed by atoms with Gasteiger partial charge in [-0.25, -0.2) is 4.79 Å². The number of carbonyl (C=O) groups is 1. The van der Waals surface area contributed by atoms with E-state index in [-0.39, 0.29) is 5.56 Å². The number of benzene rings is 2. The summed E-state index contributed by atoms with van der Waals surface area (Å²) in [5, 5.41) is 16.4. The molecule has 0 aromatic heterocycles. The van der Waals surface area contributed by atoms with E-state index in [0.717, 1.165) is 17.7 Å². The number of hydrogen-bond acceptors (Lipinski definition) is 4. The van der Waals surface area contributed by atoms with Gasteiger partial charge in [-0.15, -0.1) is 0 Å². The van der Waals surface area contributed by atoms with Gasteiger partial charge in [-0.2, -0.15) is 5.10 Å². The normalized spacial score (nSPS) is 10.4. The maximum atomic E-state index is 10.9. The number of aromatic carboxylic acids is 1. The Kier molecular flexibility index (Phi) is 6.91. The van der Waals surface area contributed by atoms with E-state index in [9.17, 15) is 4.79 Å². The lowest BCUT2D eigenvalue weighted by atomic mass is 10.1. The van der Waals surface area contributed by atoms with Crippen LogP contribution in [0.15, 0.2) is 53.6 Å². The first-order valence-electron chi connectivity index (χ1n) is 7.71. The van der Waals surface area contributed by atoms with Gasteiger partial charge in [-0.3, -0.25) is 5.43 Å². The summed E-state index contributed by atoms with van der Waals surface area (Å²) < 4.78 is 5.81. The molecule has 0 atom stereocenters. The molecule has 7 heteroatoms. The standard InChI is InChI=1S/C18H19N3O3S/c1-2-19-18(25)21-20-11-15-5-3-4-6-16(15)24-12-13-7-9-14(10-8-13)17(22)23/h3-11H,2,12H2,1H3,(H,22,23)(H2,19,21,25). The minimum absolute atomic E-state index is 0.249. The molecule has 0 unspecified atom stereocenters. The molecular formula is C18H19N3O3S. The first-order chi connectivity index (χ1) is 12.1. The van der Waals surface area contributed by atoms with E-state index in [0.29, 0.717) is 17.5 Å². The zero-order valence-corrected chi connectivity index (χ0v) is 14.5. The van der Waals surface area contributed by atoms with E-state index >= 15 is 0 Å².